The fourth-order valence-electron chi connectivity index (χ4n) is 0.993. The molecule has 0 unspecified atom stereocenters. The minimum atomic E-state index is -0.296. The summed E-state index contributed by atoms with van der Waals surface area (Å²) >= 11 is 0. The van der Waals surface area contributed by atoms with Crippen LogP contribution in [0.2, 0.25) is 0 Å². The molecule has 1 heterocycles. The third kappa shape index (κ3) is 2.99. The van der Waals surface area contributed by atoms with Crippen molar-refractivity contribution in [3.8, 4) is 0 Å². The van der Waals surface area contributed by atoms with Crippen LogP contribution in [-0.2, 0) is 7.05 Å². The smallest absolute Gasteiger partial charge is 0.878 e. The number of carbonyl (C=O) groups excluding carboxylic acids is 1. The fraction of sp³-hybridized carbons (Fsp3) is 0.250. The number of aromatic nitrogens is 2. The van der Waals surface area contributed by atoms with Crippen molar-refractivity contribution >= 4 is 5.78 Å². The van der Waals surface area contributed by atoms with Crippen LogP contribution in [0, 0.1) is 6.92 Å². The van der Waals surface area contributed by atoms with Gasteiger partial charge in [-0.2, -0.15) is 5.10 Å². The molecule has 4 nitrogen and oxygen atoms in total. The quantitative estimate of drug-likeness (QED) is 0.212. The summed E-state index contributed by atoms with van der Waals surface area (Å²) in [6.45, 7) is 1.73. The molecule has 0 aromatic carbocycles. The average Bonchev–Trinajstić information content (AvgIpc) is 2.30. The van der Waals surface area contributed by atoms with Crippen LogP contribution in [-0.4, -0.2) is 15.6 Å². The average molecular weight is 188 g/mol. The van der Waals surface area contributed by atoms with E-state index in [1.54, 1.807) is 24.9 Å². The van der Waals surface area contributed by atoms with E-state index in [0.717, 1.165) is 6.08 Å². The minimum absolute atomic E-state index is 0. The molecule has 1 aromatic rings. The van der Waals surface area contributed by atoms with Crippen molar-refractivity contribution in [2.45, 2.75) is 6.92 Å². The van der Waals surface area contributed by atoms with Crippen LogP contribution >= 0.6 is 0 Å². The summed E-state index contributed by atoms with van der Waals surface area (Å²) in [4.78, 5) is 11.1. The van der Waals surface area contributed by atoms with Crippen molar-refractivity contribution in [2.75, 3.05) is 0 Å². The summed E-state index contributed by atoms with van der Waals surface area (Å²) < 4.78 is 1.54. The molecule has 0 N–H and O–H groups in total. The summed E-state index contributed by atoms with van der Waals surface area (Å²) in [5, 5.41) is 14.0. The Morgan fingerprint density at radius 3 is 2.69 bits per heavy atom. The van der Waals surface area contributed by atoms with E-state index in [9.17, 15) is 9.90 Å². The van der Waals surface area contributed by atoms with E-state index in [0.29, 0.717) is 17.5 Å². The molecule has 0 saturated carbocycles. The maximum absolute atomic E-state index is 11.1. The topological polar surface area (TPSA) is 58.0 Å². The number of ketones is 1. The van der Waals surface area contributed by atoms with Crippen LogP contribution in [0.4, 0.5) is 0 Å². The van der Waals surface area contributed by atoms with Gasteiger partial charge < -0.3 is 5.11 Å². The molecule has 0 radical (unpaired) electrons. The molecule has 0 bridgehead atoms. The van der Waals surface area contributed by atoms with Crippen LogP contribution in [0.3, 0.4) is 0 Å². The summed E-state index contributed by atoms with van der Waals surface area (Å²) in [5.41, 5.74) is 1.12. The molecule has 0 amide bonds. The van der Waals surface area contributed by atoms with E-state index in [1.807, 2.05) is 0 Å². The van der Waals surface area contributed by atoms with Gasteiger partial charge in [0.1, 0.15) is 0 Å². The van der Waals surface area contributed by atoms with Crippen LogP contribution < -0.4 is 34.7 Å². The van der Waals surface area contributed by atoms with E-state index >= 15 is 0 Å². The molecule has 0 atom stereocenters. The zero-order valence-corrected chi connectivity index (χ0v) is 9.94. The number of nitrogens with zero attached hydrogens (tertiary/aromatic N) is 2. The van der Waals surface area contributed by atoms with Gasteiger partial charge in [0.05, 0.1) is 11.3 Å². The molecule has 0 spiro atoms. The van der Waals surface area contributed by atoms with Gasteiger partial charge in [0.15, 0.2) is 5.78 Å². The third-order valence-corrected chi connectivity index (χ3v) is 1.50. The Morgan fingerprint density at radius 2 is 2.31 bits per heavy atom. The summed E-state index contributed by atoms with van der Waals surface area (Å²) in [6.07, 6.45) is 3.07. The van der Waals surface area contributed by atoms with Gasteiger partial charge in [0, 0.05) is 13.2 Å². The first-order chi connectivity index (χ1) is 5.65. The second-order valence-electron chi connectivity index (χ2n) is 2.47. The maximum atomic E-state index is 11.1. The molecule has 0 saturated heterocycles. The zero-order chi connectivity index (χ0) is 9.14. The molecule has 0 aliphatic carbocycles. The third-order valence-electron chi connectivity index (χ3n) is 1.50. The number of hydrogen-bond acceptors (Lipinski definition) is 3. The summed E-state index contributed by atoms with van der Waals surface area (Å²) in [5.74, 6) is -0.296. The van der Waals surface area contributed by atoms with E-state index in [4.69, 9.17) is 0 Å². The molecular formula is C8H9N2NaO2. The number of carbonyl (C=O) groups is 1. The van der Waals surface area contributed by atoms with E-state index in [2.05, 4.69) is 5.10 Å². The molecule has 0 aliphatic heterocycles. The molecule has 13 heavy (non-hydrogen) atoms. The Morgan fingerprint density at radius 1 is 1.69 bits per heavy atom. The van der Waals surface area contributed by atoms with Gasteiger partial charge in [-0.15, -0.1) is 6.26 Å². The zero-order valence-electron chi connectivity index (χ0n) is 7.94. The molecule has 1 aromatic heterocycles. The van der Waals surface area contributed by atoms with E-state index in [1.165, 1.54) is 0 Å². The van der Waals surface area contributed by atoms with Crippen molar-refractivity contribution < 1.29 is 39.5 Å². The van der Waals surface area contributed by atoms with Gasteiger partial charge in [-0.3, -0.25) is 9.48 Å². The predicted molar refractivity (Wildman–Crippen MR) is 41.4 cm³/mol. The maximum Gasteiger partial charge on any atom is 1.00 e. The largest absolute Gasteiger partial charge is 1.00 e. The first-order valence-corrected chi connectivity index (χ1v) is 3.48. The second-order valence-corrected chi connectivity index (χ2v) is 2.47. The number of allylic oxidation sites excluding steroid dienone is 1. The summed E-state index contributed by atoms with van der Waals surface area (Å²) in [7, 11) is 1.73. The Bertz CT molecular complexity index is 331. The van der Waals surface area contributed by atoms with Gasteiger partial charge in [-0.1, -0.05) is 0 Å². The van der Waals surface area contributed by atoms with Crippen LogP contribution in [0.25, 0.3) is 0 Å². The van der Waals surface area contributed by atoms with Crippen molar-refractivity contribution in [3.63, 3.8) is 0 Å². The molecule has 1 rings (SSSR count). The second kappa shape index (κ2) is 5.21. The first kappa shape index (κ1) is 12.4. The standard InChI is InChI=1S/C8H10N2O2.Na/c1-6-7(5-10(2)9-6)8(12)3-4-11;/h3-5,11H,1-2H3;/q;+1/p-1/b4-3+;. The number of rotatable bonds is 2. The van der Waals surface area contributed by atoms with Crippen LogP contribution in [0.1, 0.15) is 16.1 Å². The Kier molecular flexibility index (Phi) is 4.98. The normalized spacial score (nSPS) is 10.0. The first-order valence-electron chi connectivity index (χ1n) is 3.48. The van der Waals surface area contributed by atoms with Crippen LogP contribution in [0.5, 0.6) is 0 Å². The Hall–Kier alpha value is -0.580. The Labute approximate surface area is 98.5 Å². The van der Waals surface area contributed by atoms with E-state index in [-0.39, 0.29) is 35.3 Å². The molecular weight excluding hydrogens is 179 g/mol. The van der Waals surface area contributed by atoms with Crippen molar-refractivity contribution in [3.05, 3.63) is 29.8 Å². The molecule has 5 heteroatoms. The predicted octanol–water partition coefficient (Wildman–Crippen LogP) is -3.21. The van der Waals surface area contributed by atoms with Gasteiger partial charge in [-0.05, 0) is 13.0 Å². The van der Waals surface area contributed by atoms with Gasteiger partial charge in [-0.25, -0.2) is 0 Å². The monoisotopic (exact) mass is 188 g/mol. The van der Waals surface area contributed by atoms with Crippen LogP contribution in [0.15, 0.2) is 18.5 Å². The van der Waals surface area contributed by atoms with Crippen molar-refractivity contribution in [1.82, 2.24) is 9.78 Å². The van der Waals surface area contributed by atoms with Crippen molar-refractivity contribution in [1.29, 1.82) is 0 Å². The SMILES string of the molecule is Cc1nn(C)cc1C(=O)/C=C/[O-].[Na+]. The van der Waals surface area contributed by atoms with Gasteiger partial charge in [0.2, 0.25) is 0 Å². The number of hydrogen-bond donors (Lipinski definition) is 0. The molecule has 0 fully saturated rings. The van der Waals surface area contributed by atoms with Gasteiger partial charge >= 0.3 is 29.6 Å². The molecule has 64 valence electrons. The fourth-order valence-corrected chi connectivity index (χ4v) is 0.993. The Balaban J connectivity index is 0.00000144. The number of aryl methyl sites for hydroxylation is 2. The van der Waals surface area contributed by atoms with E-state index < -0.39 is 0 Å². The minimum Gasteiger partial charge on any atom is -0.878 e. The molecule has 0 aliphatic rings. The van der Waals surface area contributed by atoms with Gasteiger partial charge in [0.25, 0.3) is 0 Å². The summed E-state index contributed by atoms with van der Waals surface area (Å²) in [6, 6.07) is 0. The van der Waals surface area contributed by atoms with Crippen molar-refractivity contribution in [2.24, 2.45) is 7.05 Å².